The standard InChI is InChI=1S/C19H21N2O2.C6H18NSi2.Sn/c1-14(20-16-9-5-7-11-18(16)22-3)13-15(2)21-17-10-6-8-12-19(17)23-4;1-8(2,3)7-9(4,5)6;/h5-13H,1-4H3;1-6H3;/q2*-1;+2/b14-13-,21-15?;;. The Morgan fingerprint density at radius 2 is 1.33 bits per heavy atom. The Kier molecular flexibility index (Phi) is 9.84. The van der Waals surface area contributed by atoms with E-state index in [0.717, 1.165) is 28.6 Å². The second kappa shape index (κ2) is 11.7. The van der Waals surface area contributed by atoms with Crippen molar-refractivity contribution < 1.29 is 9.47 Å². The molecule has 33 heavy (non-hydrogen) atoms. The molecule has 5 nitrogen and oxygen atoms in total. The van der Waals surface area contributed by atoms with Gasteiger partial charge in [-0.1, -0.05) is 0 Å². The molecule has 0 spiro atoms. The quantitative estimate of drug-likeness (QED) is 0.229. The number of rotatable bonds is 10. The van der Waals surface area contributed by atoms with Crippen molar-refractivity contribution in [3.05, 3.63) is 60.3 Å². The van der Waals surface area contributed by atoms with E-state index >= 15 is 0 Å². The van der Waals surface area contributed by atoms with E-state index in [4.69, 9.17) is 14.5 Å². The van der Waals surface area contributed by atoms with E-state index in [1.54, 1.807) is 14.2 Å². The molecule has 0 saturated heterocycles. The number of nitrogens with zero attached hydrogens (tertiary/aromatic N) is 3. The fourth-order valence-electron chi connectivity index (χ4n) is 3.85. The average molecular weight is 588 g/mol. The first-order valence-electron chi connectivity index (χ1n) is 11.2. The zero-order chi connectivity index (χ0) is 24.8. The summed E-state index contributed by atoms with van der Waals surface area (Å²) in [5.41, 5.74) is 4.13. The topological polar surface area (TPSA) is 37.3 Å². The maximum absolute atomic E-state index is 5.78. The normalized spacial score (nSPS) is 13.3. The van der Waals surface area contributed by atoms with Gasteiger partial charge in [-0.05, 0) is 0 Å². The molecule has 0 saturated carbocycles. The van der Waals surface area contributed by atoms with E-state index in [0.29, 0.717) is 0 Å². The first-order chi connectivity index (χ1) is 15.4. The molecule has 2 aromatic rings. The van der Waals surface area contributed by atoms with Crippen LogP contribution in [0.2, 0.25) is 39.3 Å². The van der Waals surface area contributed by atoms with Crippen molar-refractivity contribution in [3.8, 4) is 11.5 Å². The van der Waals surface area contributed by atoms with Gasteiger partial charge in [-0.2, -0.15) is 0 Å². The van der Waals surface area contributed by atoms with Gasteiger partial charge in [0.2, 0.25) is 0 Å². The fourth-order valence-corrected chi connectivity index (χ4v) is 21.0. The predicted molar refractivity (Wildman–Crippen MR) is 149 cm³/mol. The Morgan fingerprint density at radius 3 is 1.88 bits per heavy atom. The fraction of sp³-hybridized carbons (Fsp3) is 0.400. The van der Waals surface area contributed by atoms with E-state index in [9.17, 15) is 0 Å². The number of hydrogen-bond donors (Lipinski definition) is 0. The van der Waals surface area contributed by atoms with Crippen molar-refractivity contribution in [1.29, 1.82) is 0 Å². The van der Waals surface area contributed by atoms with Gasteiger partial charge in [-0.25, -0.2) is 0 Å². The zero-order valence-corrected chi connectivity index (χ0v) is 26.7. The van der Waals surface area contributed by atoms with Crippen LogP contribution in [0.25, 0.3) is 0 Å². The average Bonchev–Trinajstić information content (AvgIpc) is 2.72. The van der Waals surface area contributed by atoms with Gasteiger partial charge in [0, 0.05) is 0 Å². The molecule has 0 amide bonds. The molecule has 0 aliphatic carbocycles. The number of ether oxygens (including phenoxy) is 2. The molecule has 0 aliphatic heterocycles. The summed E-state index contributed by atoms with van der Waals surface area (Å²) in [6, 6.07) is 16.2. The number of aliphatic imine (C=N–C) groups is 1. The molecule has 0 bridgehead atoms. The molecule has 2 radical (unpaired) electrons. The second-order valence-corrected chi connectivity index (χ2v) is 25.7. The van der Waals surface area contributed by atoms with Gasteiger partial charge in [-0.15, -0.1) is 0 Å². The van der Waals surface area contributed by atoms with Gasteiger partial charge in [0.25, 0.3) is 0 Å². The minimum atomic E-state index is -1.49. The number of methoxy groups -OCH3 is 2. The van der Waals surface area contributed by atoms with Crippen molar-refractivity contribution in [3.63, 3.8) is 0 Å². The van der Waals surface area contributed by atoms with E-state index in [1.165, 1.54) is 5.70 Å². The number of para-hydroxylation sites is 4. The molecule has 2 aromatic carbocycles. The van der Waals surface area contributed by atoms with Gasteiger partial charge in [0.1, 0.15) is 0 Å². The summed E-state index contributed by atoms with van der Waals surface area (Å²) in [6.07, 6.45) is 2.19. The summed E-state index contributed by atoms with van der Waals surface area (Å²) in [4.78, 5) is 4.85. The summed E-state index contributed by atoms with van der Waals surface area (Å²) in [5, 5.41) is 0. The summed E-state index contributed by atoms with van der Waals surface area (Å²) in [7, 11) is 0.457. The van der Waals surface area contributed by atoms with Crippen molar-refractivity contribution in [1.82, 2.24) is 2.45 Å². The third kappa shape index (κ3) is 7.73. The summed E-state index contributed by atoms with van der Waals surface area (Å²) < 4.78 is 16.7. The Morgan fingerprint density at radius 1 is 0.818 bits per heavy atom. The van der Waals surface area contributed by atoms with Crippen LogP contribution in [-0.4, -0.2) is 60.5 Å². The molecule has 0 aromatic heterocycles. The van der Waals surface area contributed by atoms with Crippen LogP contribution in [0.5, 0.6) is 11.5 Å². The molecule has 8 heteroatoms. The third-order valence-corrected chi connectivity index (χ3v) is 27.4. The molecule has 0 heterocycles. The van der Waals surface area contributed by atoms with Gasteiger partial charge < -0.3 is 0 Å². The van der Waals surface area contributed by atoms with E-state index in [1.807, 2.05) is 30.3 Å². The number of benzene rings is 2. The number of allylic oxidation sites excluding steroid dienone is 2. The van der Waals surface area contributed by atoms with Crippen molar-refractivity contribution in [2.75, 3.05) is 17.3 Å². The van der Waals surface area contributed by atoms with Gasteiger partial charge >= 0.3 is 214 Å². The van der Waals surface area contributed by atoms with Crippen LogP contribution >= 0.6 is 0 Å². The molecule has 0 unspecified atom stereocenters. The SMILES string of the molecule is COc1ccccc1N=C(C)/C=C(/C)[N]([Sn][N]([Si](C)(C)C)[Si](C)(C)C)c1ccccc1OC. The first kappa shape index (κ1) is 27.7. The van der Waals surface area contributed by atoms with E-state index in [-0.39, 0.29) is 0 Å². The van der Waals surface area contributed by atoms with Gasteiger partial charge in [-0.3, -0.25) is 0 Å². The van der Waals surface area contributed by atoms with Crippen LogP contribution in [0.4, 0.5) is 11.4 Å². The molecule has 0 N–H and O–H groups in total. The molecule has 0 atom stereocenters. The van der Waals surface area contributed by atoms with Crippen molar-refractivity contribution in [2.24, 2.45) is 4.99 Å². The van der Waals surface area contributed by atoms with Crippen LogP contribution < -0.4 is 12.6 Å². The summed E-state index contributed by atoms with van der Waals surface area (Å²) in [6.45, 7) is 19.1. The molecule has 0 aliphatic rings. The Hall–Kier alpha value is -1.56. The molecular weight excluding hydrogens is 549 g/mol. The minimum absolute atomic E-state index is 0.782. The van der Waals surface area contributed by atoms with Crippen LogP contribution in [-0.2, 0) is 0 Å². The monoisotopic (exact) mass is 589 g/mol. The molecule has 2 rings (SSSR count). The van der Waals surface area contributed by atoms with Crippen LogP contribution in [0.3, 0.4) is 0 Å². The summed E-state index contributed by atoms with van der Waals surface area (Å²) in [5.74, 6) is 1.70. The van der Waals surface area contributed by atoms with Crippen LogP contribution in [0.15, 0.2) is 65.3 Å². The van der Waals surface area contributed by atoms with Crippen LogP contribution in [0.1, 0.15) is 13.8 Å². The molecule has 178 valence electrons. The number of anilines is 1. The first-order valence-corrected chi connectivity index (χ1v) is 20.7. The molecular formula is C25H39N3O2Si2Sn. The van der Waals surface area contributed by atoms with E-state index < -0.39 is 38.2 Å². The Balaban J connectivity index is 2.56. The van der Waals surface area contributed by atoms with Crippen molar-refractivity contribution in [2.45, 2.75) is 53.1 Å². The zero-order valence-electron chi connectivity index (χ0n) is 21.9. The van der Waals surface area contributed by atoms with Crippen molar-refractivity contribution >= 4 is 55.2 Å². The Labute approximate surface area is 213 Å². The number of hydrogen-bond acceptors (Lipinski definition) is 5. The molecule has 0 fully saturated rings. The maximum atomic E-state index is 5.78. The Bertz CT molecular complexity index is 984. The van der Waals surface area contributed by atoms with Gasteiger partial charge in [0.15, 0.2) is 0 Å². The second-order valence-electron chi connectivity index (χ2n) is 10.00. The van der Waals surface area contributed by atoms with Gasteiger partial charge in [0.05, 0.1) is 0 Å². The predicted octanol–water partition coefficient (Wildman–Crippen LogP) is 6.71. The summed E-state index contributed by atoms with van der Waals surface area (Å²) >= 11 is -1.18. The third-order valence-electron chi connectivity index (χ3n) is 5.02. The van der Waals surface area contributed by atoms with E-state index in [2.05, 4.69) is 83.0 Å². The van der Waals surface area contributed by atoms with Crippen LogP contribution in [0, 0.1) is 0 Å².